The fourth-order valence-corrected chi connectivity index (χ4v) is 2.59. The van der Waals surface area contributed by atoms with Gasteiger partial charge in [-0.05, 0) is 30.3 Å². The molecule has 3 aromatic rings. The summed E-state index contributed by atoms with van der Waals surface area (Å²) in [5.41, 5.74) is 4.87. The number of aryl methyl sites for hydroxylation is 1. The average molecular weight is 265 g/mol. The zero-order valence-electron chi connectivity index (χ0n) is 11.9. The van der Waals surface area contributed by atoms with Crippen molar-refractivity contribution >= 4 is 11.0 Å². The molecule has 0 saturated carbocycles. The highest BCUT2D eigenvalue weighted by atomic mass is 15.1. The Labute approximate surface area is 119 Å². The molecular weight excluding hydrogens is 246 g/mol. The largest absolute Gasteiger partial charge is 0.331 e. The van der Waals surface area contributed by atoms with Gasteiger partial charge in [0.2, 0.25) is 0 Å². The van der Waals surface area contributed by atoms with Crippen LogP contribution in [0, 0.1) is 0 Å². The molecule has 20 heavy (non-hydrogen) atoms. The standard InChI is InChI=1S/C17H19N3/c1-18-12-14-7-5-6-13(10-14)11-17-19-15-8-3-4-9-16(15)20(17)2/h3-10,18H,11-12H2,1-2H3. The third-order valence-electron chi connectivity index (χ3n) is 3.61. The normalized spacial score (nSPS) is 11.1. The maximum Gasteiger partial charge on any atom is 0.114 e. The van der Waals surface area contributed by atoms with Gasteiger partial charge in [0.1, 0.15) is 5.82 Å². The zero-order chi connectivity index (χ0) is 13.9. The van der Waals surface area contributed by atoms with E-state index in [1.807, 2.05) is 13.1 Å². The maximum atomic E-state index is 4.73. The first-order valence-electron chi connectivity index (χ1n) is 6.90. The molecule has 0 spiro atoms. The van der Waals surface area contributed by atoms with Crippen LogP contribution in [-0.4, -0.2) is 16.6 Å². The lowest BCUT2D eigenvalue weighted by molar-refractivity contribution is 0.812. The molecule has 0 unspecified atom stereocenters. The van der Waals surface area contributed by atoms with Crippen LogP contribution in [-0.2, 0) is 20.0 Å². The summed E-state index contributed by atoms with van der Waals surface area (Å²) < 4.78 is 2.18. The lowest BCUT2D eigenvalue weighted by atomic mass is 10.1. The van der Waals surface area contributed by atoms with Crippen LogP contribution < -0.4 is 5.32 Å². The maximum absolute atomic E-state index is 4.73. The van der Waals surface area contributed by atoms with E-state index < -0.39 is 0 Å². The summed E-state index contributed by atoms with van der Waals surface area (Å²) in [6.07, 6.45) is 0.864. The van der Waals surface area contributed by atoms with Crippen molar-refractivity contribution in [2.45, 2.75) is 13.0 Å². The molecule has 0 aliphatic rings. The van der Waals surface area contributed by atoms with E-state index in [2.05, 4.69) is 59.4 Å². The number of aromatic nitrogens is 2. The molecule has 0 amide bonds. The quantitative estimate of drug-likeness (QED) is 0.786. The van der Waals surface area contributed by atoms with E-state index in [-0.39, 0.29) is 0 Å². The Kier molecular flexibility index (Phi) is 3.52. The highest BCUT2D eigenvalue weighted by molar-refractivity contribution is 5.75. The highest BCUT2D eigenvalue weighted by Gasteiger charge is 2.07. The third-order valence-corrected chi connectivity index (χ3v) is 3.61. The molecule has 0 bridgehead atoms. The number of hydrogen-bond donors (Lipinski definition) is 1. The molecule has 3 heteroatoms. The molecule has 102 valence electrons. The summed E-state index contributed by atoms with van der Waals surface area (Å²) in [5.74, 6) is 1.10. The minimum absolute atomic E-state index is 0.864. The van der Waals surface area contributed by atoms with E-state index in [4.69, 9.17) is 4.98 Å². The zero-order valence-corrected chi connectivity index (χ0v) is 11.9. The number of fused-ring (bicyclic) bond motifs is 1. The molecule has 0 aliphatic heterocycles. The molecular formula is C17H19N3. The summed E-state index contributed by atoms with van der Waals surface area (Å²) in [7, 11) is 4.06. The van der Waals surface area contributed by atoms with Gasteiger partial charge in [-0.1, -0.05) is 36.4 Å². The van der Waals surface area contributed by atoms with E-state index in [0.717, 1.165) is 24.3 Å². The fraction of sp³-hybridized carbons (Fsp3) is 0.235. The van der Waals surface area contributed by atoms with Gasteiger partial charge in [-0.2, -0.15) is 0 Å². The third kappa shape index (κ3) is 2.45. The summed E-state index contributed by atoms with van der Waals surface area (Å²) in [5, 5.41) is 3.19. The molecule has 0 atom stereocenters. The first kappa shape index (κ1) is 12.9. The Bertz CT molecular complexity index is 728. The van der Waals surface area contributed by atoms with Gasteiger partial charge in [0.25, 0.3) is 0 Å². The predicted molar refractivity (Wildman–Crippen MR) is 82.7 cm³/mol. The van der Waals surface area contributed by atoms with E-state index in [0.29, 0.717) is 0 Å². The van der Waals surface area contributed by atoms with Crippen LogP contribution in [0.15, 0.2) is 48.5 Å². The second kappa shape index (κ2) is 5.47. The Morgan fingerprint density at radius 1 is 1.05 bits per heavy atom. The lowest BCUT2D eigenvalue weighted by Gasteiger charge is -2.05. The van der Waals surface area contributed by atoms with Crippen LogP contribution in [0.3, 0.4) is 0 Å². The van der Waals surface area contributed by atoms with Crippen LogP contribution in [0.1, 0.15) is 17.0 Å². The smallest absolute Gasteiger partial charge is 0.114 e. The summed E-state index contributed by atoms with van der Waals surface area (Å²) in [6.45, 7) is 0.899. The van der Waals surface area contributed by atoms with Crippen LogP contribution in [0.4, 0.5) is 0 Å². The van der Waals surface area contributed by atoms with Crippen LogP contribution in [0.5, 0.6) is 0 Å². The molecule has 0 radical (unpaired) electrons. The van der Waals surface area contributed by atoms with Gasteiger partial charge in [-0.15, -0.1) is 0 Å². The van der Waals surface area contributed by atoms with Crippen molar-refractivity contribution in [3.8, 4) is 0 Å². The molecule has 1 heterocycles. The minimum atomic E-state index is 0.864. The van der Waals surface area contributed by atoms with Gasteiger partial charge in [0.05, 0.1) is 11.0 Å². The molecule has 3 rings (SSSR count). The SMILES string of the molecule is CNCc1cccc(Cc2nc3ccccc3n2C)c1. The molecule has 1 N–H and O–H groups in total. The first-order chi connectivity index (χ1) is 9.78. The Balaban J connectivity index is 1.93. The highest BCUT2D eigenvalue weighted by Crippen LogP contribution is 2.17. The van der Waals surface area contributed by atoms with Gasteiger partial charge in [0, 0.05) is 20.0 Å². The van der Waals surface area contributed by atoms with E-state index in [9.17, 15) is 0 Å². The number of imidazole rings is 1. The van der Waals surface area contributed by atoms with Gasteiger partial charge in [-0.25, -0.2) is 4.98 Å². The van der Waals surface area contributed by atoms with E-state index in [1.54, 1.807) is 0 Å². The lowest BCUT2D eigenvalue weighted by Crippen LogP contribution is -2.05. The van der Waals surface area contributed by atoms with E-state index >= 15 is 0 Å². The van der Waals surface area contributed by atoms with Crippen molar-refractivity contribution in [3.05, 3.63) is 65.5 Å². The Morgan fingerprint density at radius 3 is 2.65 bits per heavy atom. The van der Waals surface area contributed by atoms with Crippen molar-refractivity contribution < 1.29 is 0 Å². The fourth-order valence-electron chi connectivity index (χ4n) is 2.59. The predicted octanol–water partition coefficient (Wildman–Crippen LogP) is 2.88. The first-order valence-corrected chi connectivity index (χ1v) is 6.90. The van der Waals surface area contributed by atoms with Crippen LogP contribution >= 0.6 is 0 Å². The number of para-hydroxylation sites is 2. The molecule has 0 fully saturated rings. The summed E-state index contributed by atoms with van der Waals surface area (Å²) >= 11 is 0. The van der Waals surface area contributed by atoms with Crippen LogP contribution in [0.25, 0.3) is 11.0 Å². The number of nitrogens with one attached hydrogen (secondary N) is 1. The topological polar surface area (TPSA) is 29.9 Å². The minimum Gasteiger partial charge on any atom is -0.331 e. The van der Waals surface area contributed by atoms with Crippen molar-refractivity contribution in [2.75, 3.05) is 7.05 Å². The number of nitrogens with zero attached hydrogens (tertiary/aromatic N) is 2. The van der Waals surface area contributed by atoms with Gasteiger partial charge in [-0.3, -0.25) is 0 Å². The number of benzene rings is 2. The van der Waals surface area contributed by atoms with Crippen LogP contribution in [0.2, 0.25) is 0 Å². The number of hydrogen-bond acceptors (Lipinski definition) is 2. The Hall–Kier alpha value is -2.13. The second-order valence-electron chi connectivity index (χ2n) is 5.10. The molecule has 1 aromatic heterocycles. The summed E-state index contributed by atoms with van der Waals surface area (Å²) in [6, 6.07) is 16.9. The van der Waals surface area contributed by atoms with Crippen molar-refractivity contribution in [1.82, 2.24) is 14.9 Å². The van der Waals surface area contributed by atoms with Crippen molar-refractivity contribution in [1.29, 1.82) is 0 Å². The second-order valence-corrected chi connectivity index (χ2v) is 5.10. The Morgan fingerprint density at radius 2 is 1.85 bits per heavy atom. The van der Waals surface area contributed by atoms with Crippen molar-refractivity contribution in [2.24, 2.45) is 7.05 Å². The van der Waals surface area contributed by atoms with Crippen molar-refractivity contribution in [3.63, 3.8) is 0 Å². The van der Waals surface area contributed by atoms with Gasteiger partial charge in [0.15, 0.2) is 0 Å². The molecule has 3 nitrogen and oxygen atoms in total. The number of rotatable bonds is 4. The summed E-state index contributed by atoms with van der Waals surface area (Å²) in [4.78, 5) is 4.73. The molecule has 2 aromatic carbocycles. The average Bonchev–Trinajstić information content (AvgIpc) is 2.77. The van der Waals surface area contributed by atoms with E-state index in [1.165, 1.54) is 16.6 Å². The molecule has 0 saturated heterocycles. The molecule has 0 aliphatic carbocycles. The monoisotopic (exact) mass is 265 g/mol. The van der Waals surface area contributed by atoms with Gasteiger partial charge >= 0.3 is 0 Å². The van der Waals surface area contributed by atoms with Gasteiger partial charge < -0.3 is 9.88 Å².